The van der Waals surface area contributed by atoms with Gasteiger partial charge in [-0.3, -0.25) is 19.8 Å². The number of nitrogens with one attached hydrogen (secondary N) is 1. The van der Waals surface area contributed by atoms with Crippen LogP contribution in [-0.4, -0.2) is 73.6 Å². The number of rotatable bonds is 9. The molecule has 4 heterocycles. The number of pyridine rings is 2. The lowest BCUT2D eigenvalue weighted by Crippen LogP contribution is -2.43. The Morgan fingerprint density at radius 3 is 2.84 bits per heavy atom. The Hall–Kier alpha value is -3.88. The minimum Gasteiger partial charge on any atom is -0.385 e. The number of hydrogen-bond donors (Lipinski definition) is 1. The molecule has 11 nitrogen and oxygen atoms in total. The third-order valence-electron chi connectivity index (χ3n) is 6.54. The van der Waals surface area contributed by atoms with Crippen molar-refractivity contribution < 1.29 is 23.9 Å². The molecular weight excluding hydrogens is 476 g/mol. The number of aromatic nitrogens is 2. The number of methoxy groups -OCH3 is 1. The molecule has 1 saturated heterocycles. The second-order valence-electron chi connectivity index (χ2n) is 9.18. The highest BCUT2D eigenvalue weighted by atomic mass is 16.5. The maximum atomic E-state index is 13.2. The molecule has 0 aromatic carbocycles. The number of carbonyl (C=O) groups is 3. The molecule has 3 amide bonds. The quantitative estimate of drug-likeness (QED) is 0.404. The van der Waals surface area contributed by atoms with Crippen LogP contribution in [0.5, 0.6) is 0 Å². The average Bonchev–Trinajstić information content (AvgIpc) is 2.87. The lowest BCUT2D eigenvalue weighted by molar-refractivity contribution is -0.149. The summed E-state index contributed by atoms with van der Waals surface area (Å²) in [7, 11) is 3.32. The van der Waals surface area contributed by atoms with Crippen molar-refractivity contribution in [1.82, 2.24) is 14.9 Å². The fraction of sp³-hybridized carbons (Fsp3) is 0.462. The Kier molecular flexibility index (Phi) is 8.43. The first-order valence-electron chi connectivity index (χ1n) is 12.2. The monoisotopic (exact) mass is 506 g/mol. The molecule has 4 rings (SSSR count). The van der Waals surface area contributed by atoms with E-state index in [-0.39, 0.29) is 24.1 Å². The third kappa shape index (κ3) is 5.93. The average molecular weight is 507 g/mol. The summed E-state index contributed by atoms with van der Waals surface area (Å²) in [6, 6.07) is 5.27. The molecule has 0 saturated carbocycles. The van der Waals surface area contributed by atoms with Crippen LogP contribution in [0.25, 0.3) is 0 Å². The minimum atomic E-state index is -0.421. The number of aldehydes is 1. The molecule has 11 heteroatoms. The minimum absolute atomic E-state index is 0.0293. The summed E-state index contributed by atoms with van der Waals surface area (Å²) in [4.78, 5) is 49.4. The molecule has 2 aromatic rings. The number of fused-ring (bicyclic) bond motifs is 1. The SMILES string of the molecule is COCCCc1cc(NC(=O)N2CCCc3cc(CN(C)C(=O)C4COC4)c(C=O)nc32)ncc1C#N. The lowest BCUT2D eigenvalue weighted by Gasteiger charge is -2.31. The van der Waals surface area contributed by atoms with Gasteiger partial charge in [-0.1, -0.05) is 0 Å². The van der Waals surface area contributed by atoms with Gasteiger partial charge in [0.2, 0.25) is 5.91 Å². The van der Waals surface area contributed by atoms with E-state index in [0.29, 0.717) is 68.3 Å². The van der Waals surface area contributed by atoms with Crippen molar-refractivity contribution in [3.8, 4) is 6.07 Å². The van der Waals surface area contributed by atoms with Crippen molar-refractivity contribution in [2.45, 2.75) is 32.2 Å². The molecule has 0 radical (unpaired) electrons. The molecule has 1 fully saturated rings. The summed E-state index contributed by atoms with van der Waals surface area (Å²) >= 11 is 0. The van der Waals surface area contributed by atoms with Gasteiger partial charge in [-0.25, -0.2) is 14.8 Å². The van der Waals surface area contributed by atoms with Crippen molar-refractivity contribution in [3.05, 3.63) is 46.3 Å². The summed E-state index contributed by atoms with van der Waals surface area (Å²) in [5.74, 6) is 0.574. The molecule has 0 bridgehead atoms. The fourth-order valence-electron chi connectivity index (χ4n) is 4.46. The number of urea groups is 1. The number of anilines is 2. The zero-order chi connectivity index (χ0) is 26.4. The molecule has 1 N–H and O–H groups in total. The highest BCUT2D eigenvalue weighted by Crippen LogP contribution is 2.29. The van der Waals surface area contributed by atoms with Gasteiger partial charge in [-0.05, 0) is 48.9 Å². The van der Waals surface area contributed by atoms with Crippen LogP contribution < -0.4 is 10.2 Å². The molecule has 0 unspecified atom stereocenters. The van der Waals surface area contributed by atoms with Crippen LogP contribution in [0, 0.1) is 17.2 Å². The van der Waals surface area contributed by atoms with E-state index in [0.717, 1.165) is 24.0 Å². The Labute approximate surface area is 215 Å². The van der Waals surface area contributed by atoms with Crippen molar-refractivity contribution in [3.63, 3.8) is 0 Å². The van der Waals surface area contributed by atoms with Crippen molar-refractivity contribution in [1.29, 1.82) is 5.26 Å². The maximum Gasteiger partial charge on any atom is 0.328 e. The van der Waals surface area contributed by atoms with E-state index in [1.807, 2.05) is 6.07 Å². The molecule has 0 aliphatic carbocycles. The predicted molar refractivity (Wildman–Crippen MR) is 134 cm³/mol. The van der Waals surface area contributed by atoms with Crippen LogP contribution in [-0.2, 0) is 33.7 Å². The zero-order valence-electron chi connectivity index (χ0n) is 21.0. The molecule has 2 aromatic heterocycles. The normalized spacial score (nSPS) is 14.8. The van der Waals surface area contributed by atoms with Crippen LogP contribution in [0.2, 0.25) is 0 Å². The van der Waals surface area contributed by atoms with Crippen LogP contribution in [0.4, 0.5) is 16.4 Å². The number of nitrogens with zero attached hydrogens (tertiary/aromatic N) is 5. The molecule has 0 atom stereocenters. The Morgan fingerprint density at radius 1 is 1.35 bits per heavy atom. The number of hydrogen-bond acceptors (Lipinski definition) is 8. The maximum absolute atomic E-state index is 13.2. The first-order valence-corrected chi connectivity index (χ1v) is 12.2. The van der Waals surface area contributed by atoms with Gasteiger partial charge in [0.15, 0.2) is 6.29 Å². The van der Waals surface area contributed by atoms with Gasteiger partial charge in [0.25, 0.3) is 0 Å². The summed E-state index contributed by atoms with van der Waals surface area (Å²) in [5.41, 5.74) is 2.90. The first-order chi connectivity index (χ1) is 17.9. The van der Waals surface area contributed by atoms with E-state index in [2.05, 4.69) is 21.4 Å². The smallest absolute Gasteiger partial charge is 0.328 e. The molecular formula is C26H30N6O5. The van der Waals surface area contributed by atoms with Gasteiger partial charge in [-0.2, -0.15) is 5.26 Å². The van der Waals surface area contributed by atoms with Gasteiger partial charge in [0.1, 0.15) is 23.4 Å². The first kappa shape index (κ1) is 26.2. The molecule has 0 spiro atoms. The number of aryl methyl sites for hydroxylation is 2. The second kappa shape index (κ2) is 11.9. The van der Waals surface area contributed by atoms with E-state index >= 15 is 0 Å². The topological polar surface area (TPSA) is 138 Å². The van der Waals surface area contributed by atoms with E-state index < -0.39 is 6.03 Å². The molecule has 37 heavy (non-hydrogen) atoms. The molecule has 194 valence electrons. The van der Waals surface area contributed by atoms with Crippen molar-refractivity contribution in [2.24, 2.45) is 5.92 Å². The number of carbonyl (C=O) groups excluding carboxylic acids is 3. The summed E-state index contributed by atoms with van der Waals surface area (Å²) in [5, 5.41) is 12.2. The lowest BCUT2D eigenvalue weighted by atomic mass is 10.0. The van der Waals surface area contributed by atoms with Gasteiger partial charge in [0.05, 0.1) is 24.7 Å². The van der Waals surface area contributed by atoms with Crippen LogP contribution in [0.15, 0.2) is 18.3 Å². The molecule has 2 aliphatic rings. The largest absolute Gasteiger partial charge is 0.385 e. The summed E-state index contributed by atoms with van der Waals surface area (Å²) in [6.45, 7) is 2.07. The van der Waals surface area contributed by atoms with Gasteiger partial charge in [-0.15, -0.1) is 0 Å². The van der Waals surface area contributed by atoms with E-state index in [1.165, 1.54) is 11.1 Å². The van der Waals surface area contributed by atoms with E-state index in [9.17, 15) is 19.6 Å². The number of amides is 3. The van der Waals surface area contributed by atoms with Gasteiger partial charge < -0.3 is 14.4 Å². The number of ether oxygens (including phenoxy) is 2. The predicted octanol–water partition coefficient (Wildman–Crippen LogP) is 2.33. The van der Waals surface area contributed by atoms with Crippen LogP contribution in [0.1, 0.15) is 45.6 Å². The molecule has 2 aliphatic heterocycles. The Morgan fingerprint density at radius 2 is 2.16 bits per heavy atom. The summed E-state index contributed by atoms with van der Waals surface area (Å²) in [6.07, 6.45) is 4.87. The van der Waals surface area contributed by atoms with E-state index in [4.69, 9.17) is 9.47 Å². The Balaban J connectivity index is 1.52. The highest BCUT2D eigenvalue weighted by molar-refractivity contribution is 6.01. The van der Waals surface area contributed by atoms with E-state index in [1.54, 1.807) is 25.1 Å². The zero-order valence-corrected chi connectivity index (χ0v) is 21.0. The van der Waals surface area contributed by atoms with Crippen LogP contribution >= 0.6 is 0 Å². The van der Waals surface area contributed by atoms with Crippen LogP contribution in [0.3, 0.4) is 0 Å². The van der Waals surface area contributed by atoms with Crippen molar-refractivity contribution >= 4 is 29.9 Å². The van der Waals surface area contributed by atoms with Gasteiger partial charge >= 0.3 is 6.03 Å². The fourth-order valence-corrected chi connectivity index (χ4v) is 4.46. The summed E-state index contributed by atoms with van der Waals surface area (Å²) < 4.78 is 10.2. The van der Waals surface area contributed by atoms with Crippen molar-refractivity contribution in [2.75, 3.05) is 50.7 Å². The standard InChI is InChI=1S/C26H30N6O5/c1-31(25(34)21-15-37-16-21)13-19-9-18-5-3-7-32(24(18)29-22(19)14-33)26(35)30-23-10-17(6-4-8-36-2)20(11-27)12-28-23/h9-10,12,14,21H,3-8,13,15-16H2,1-2H3,(H,28,30,35). The highest BCUT2D eigenvalue weighted by Gasteiger charge is 2.30. The second-order valence-corrected chi connectivity index (χ2v) is 9.18. The number of nitriles is 1. The Bertz CT molecular complexity index is 1220. The third-order valence-corrected chi connectivity index (χ3v) is 6.54. The van der Waals surface area contributed by atoms with Gasteiger partial charge in [0, 0.05) is 45.6 Å².